The van der Waals surface area contributed by atoms with Crippen LogP contribution in [0.15, 0.2) is 54.6 Å². The van der Waals surface area contributed by atoms with Crippen LogP contribution >= 0.6 is 11.6 Å². The van der Waals surface area contributed by atoms with Crippen LogP contribution in [0.1, 0.15) is 0 Å². The van der Waals surface area contributed by atoms with E-state index in [0.29, 0.717) is 0 Å². The van der Waals surface area contributed by atoms with E-state index in [1.807, 2.05) is 0 Å². The molecule has 0 saturated carbocycles. The van der Waals surface area contributed by atoms with Gasteiger partial charge in [0.15, 0.2) is 0 Å². The van der Waals surface area contributed by atoms with Crippen molar-refractivity contribution in [3.63, 3.8) is 0 Å². The zero-order valence-electron chi connectivity index (χ0n) is 9.07. The van der Waals surface area contributed by atoms with E-state index in [9.17, 15) is 0 Å². The Morgan fingerprint density at radius 3 is 1.59 bits per heavy atom. The normalized spacial score (nSPS) is 11.8. The van der Waals surface area contributed by atoms with Gasteiger partial charge in [0.1, 0.15) is 0 Å². The summed E-state index contributed by atoms with van der Waals surface area (Å²) in [4.78, 5) is 0. The van der Waals surface area contributed by atoms with Gasteiger partial charge < -0.3 is 0 Å². The number of halogens is 1. The molecule has 0 aliphatic heterocycles. The topological polar surface area (TPSA) is 0 Å². The number of fused-ring (bicyclic) bond motifs is 1. The lowest BCUT2D eigenvalue weighted by Gasteiger charge is -2.13. The number of benzene rings is 5. The fourth-order valence-electron chi connectivity index (χ4n) is 2.77. The van der Waals surface area contributed by atoms with Crippen molar-refractivity contribution < 1.29 is 0 Å². The van der Waals surface area contributed by atoms with E-state index in [1.54, 1.807) is 0 Å². The van der Waals surface area contributed by atoms with E-state index in [0.717, 1.165) is 5.02 Å². The van der Waals surface area contributed by atoms with E-state index < -0.39 is 0 Å². The van der Waals surface area contributed by atoms with E-state index >= 15 is 0 Å². The molecule has 0 spiro atoms. The number of rotatable bonds is 0. The van der Waals surface area contributed by atoms with Crippen LogP contribution in [0.2, 0.25) is 5.02 Å². The van der Waals surface area contributed by atoms with E-state index in [2.05, 4.69) is 54.6 Å². The molecule has 5 rings (SSSR count). The molecule has 0 aromatic heterocycles. The summed E-state index contributed by atoms with van der Waals surface area (Å²) < 4.78 is 0. The van der Waals surface area contributed by atoms with Crippen molar-refractivity contribution in [1.29, 1.82) is 0 Å². The second-order valence-electron chi connectivity index (χ2n) is 4.37. The van der Waals surface area contributed by atoms with Gasteiger partial charge in [0.05, 0.1) is 0 Å². The molecule has 0 atom stereocenters. The first kappa shape index (κ1) is 9.26. The molecule has 0 saturated heterocycles. The molecule has 0 unspecified atom stereocenters. The van der Waals surface area contributed by atoms with Gasteiger partial charge in [-0.2, -0.15) is 0 Å². The highest BCUT2D eigenvalue weighted by Gasteiger charge is 2.12. The minimum absolute atomic E-state index is 0.859. The highest BCUT2D eigenvalue weighted by Crippen LogP contribution is 2.41. The van der Waals surface area contributed by atoms with Crippen LogP contribution < -0.4 is 0 Å². The Hall–Kier alpha value is -1.79. The lowest BCUT2D eigenvalue weighted by atomic mass is 9.92. The zero-order chi connectivity index (χ0) is 11.4. The second-order valence-corrected chi connectivity index (χ2v) is 4.78. The predicted octanol–water partition coefficient (Wildman–Crippen LogP) is 5.24. The summed E-state index contributed by atoms with van der Waals surface area (Å²) in [5.41, 5.74) is 0. The Balaban J connectivity index is 2.49. The van der Waals surface area contributed by atoms with Crippen molar-refractivity contribution in [1.82, 2.24) is 0 Å². The minimum atomic E-state index is 0.859. The molecule has 0 N–H and O–H groups in total. The molecule has 1 heteroatoms. The molecule has 0 aliphatic rings. The molecule has 0 nitrogen and oxygen atoms in total. The van der Waals surface area contributed by atoms with E-state index in [4.69, 9.17) is 11.6 Å². The maximum Gasteiger partial charge on any atom is 0.0497 e. The van der Waals surface area contributed by atoms with Crippen molar-refractivity contribution >= 4 is 43.9 Å². The lowest BCUT2D eigenvalue weighted by molar-refractivity contribution is 1.78. The van der Waals surface area contributed by atoms with Gasteiger partial charge in [-0.25, -0.2) is 0 Å². The first-order chi connectivity index (χ1) is 8.36. The van der Waals surface area contributed by atoms with Crippen LogP contribution in [-0.4, -0.2) is 0 Å². The van der Waals surface area contributed by atoms with Gasteiger partial charge in [0.25, 0.3) is 0 Å². The summed E-state index contributed by atoms with van der Waals surface area (Å²) in [6.45, 7) is 0. The molecule has 17 heavy (non-hydrogen) atoms. The first-order valence-corrected chi connectivity index (χ1v) is 6.05. The Kier molecular flexibility index (Phi) is 1.70. The van der Waals surface area contributed by atoms with Crippen LogP contribution in [0.25, 0.3) is 32.3 Å². The second kappa shape index (κ2) is 3.12. The van der Waals surface area contributed by atoms with Gasteiger partial charge in [-0.1, -0.05) is 60.1 Å². The summed E-state index contributed by atoms with van der Waals surface area (Å²) in [5, 5.41) is 8.39. The monoisotopic (exact) mass is 236 g/mol. The third kappa shape index (κ3) is 1.08. The first-order valence-electron chi connectivity index (χ1n) is 5.67. The van der Waals surface area contributed by atoms with Crippen molar-refractivity contribution in [2.75, 3.05) is 0 Å². The van der Waals surface area contributed by atoms with Crippen LogP contribution in [0.3, 0.4) is 0 Å². The van der Waals surface area contributed by atoms with Crippen LogP contribution in [0.5, 0.6) is 0 Å². The highest BCUT2D eigenvalue weighted by atomic mass is 35.5. The van der Waals surface area contributed by atoms with E-state index in [-0.39, 0.29) is 0 Å². The fourth-order valence-corrected chi connectivity index (χ4v) is 3.09. The van der Waals surface area contributed by atoms with Crippen molar-refractivity contribution in [2.24, 2.45) is 0 Å². The van der Waals surface area contributed by atoms with Crippen LogP contribution in [-0.2, 0) is 0 Å². The Morgan fingerprint density at radius 2 is 1.06 bits per heavy atom. The van der Waals surface area contributed by atoms with Gasteiger partial charge in [0, 0.05) is 10.4 Å². The van der Waals surface area contributed by atoms with E-state index in [1.165, 1.54) is 32.3 Å². The molecular formula is C16H9Cl. The molecule has 0 fully saturated rings. The molecule has 5 aromatic carbocycles. The zero-order valence-corrected chi connectivity index (χ0v) is 9.83. The third-order valence-electron chi connectivity index (χ3n) is 3.48. The Morgan fingerprint density at radius 1 is 0.588 bits per heavy atom. The van der Waals surface area contributed by atoms with Gasteiger partial charge in [0.2, 0.25) is 0 Å². The molecule has 80 valence electrons. The quantitative estimate of drug-likeness (QED) is 0.367. The lowest BCUT2D eigenvalue weighted by Crippen LogP contribution is -1.86. The maximum absolute atomic E-state index is 6.37. The molecule has 0 heterocycles. The maximum atomic E-state index is 6.37. The van der Waals surface area contributed by atoms with Gasteiger partial charge in [-0.3, -0.25) is 0 Å². The summed E-state index contributed by atoms with van der Waals surface area (Å²) in [5.74, 6) is 0. The summed E-state index contributed by atoms with van der Waals surface area (Å²) in [6, 6.07) is 19.0. The largest absolute Gasteiger partial charge is 0.0836 e. The molecule has 5 aromatic rings. The summed E-state index contributed by atoms with van der Waals surface area (Å²) >= 11 is 6.37. The summed E-state index contributed by atoms with van der Waals surface area (Å²) in [6.07, 6.45) is 0. The molecule has 2 bridgehead atoms. The SMILES string of the molecule is Clc1cc2c3ccccc3c1c1ccccc21. The Bertz CT molecular complexity index is 786. The van der Waals surface area contributed by atoms with Gasteiger partial charge in [-0.15, -0.1) is 0 Å². The molecule has 0 amide bonds. The number of hydrogen-bond donors (Lipinski definition) is 0. The highest BCUT2D eigenvalue weighted by molar-refractivity contribution is 6.43. The van der Waals surface area contributed by atoms with Crippen LogP contribution in [0, 0.1) is 0 Å². The average Bonchev–Trinajstić information content (AvgIpc) is 2.39. The average molecular weight is 237 g/mol. The fraction of sp³-hybridized carbons (Fsp3) is 0. The van der Waals surface area contributed by atoms with Gasteiger partial charge in [-0.05, 0) is 33.0 Å². The molecule has 0 aliphatic carbocycles. The Labute approximate surface area is 104 Å². The summed E-state index contributed by atoms with van der Waals surface area (Å²) in [7, 11) is 0. The number of hydrogen-bond acceptors (Lipinski definition) is 0. The predicted molar refractivity (Wildman–Crippen MR) is 75.2 cm³/mol. The van der Waals surface area contributed by atoms with Crippen molar-refractivity contribution in [3.05, 3.63) is 59.6 Å². The van der Waals surface area contributed by atoms with Crippen molar-refractivity contribution in [2.45, 2.75) is 0 Å². The minimum Gasteiger partial charge on any atom is -0.0836 e. The van der Waals surface area contributed by atoms with Crippen LogP contribution in [0.4, 0.5) is 0 Å². The van der Waals surface area contributed by atoms with Crippen molar-refractivity contribution in [3.8, 4) is 0 Å². The third-order valence-corrected chi connectivity index (χ3v) is 3.78. The molecular weight excluding hydrogens is 228 g/mol. The standard InChI is InChI=1S/C16H9Cl/c17-15-9-14-10-5-1-3-7-12(10)16(15)13-8-4-2-6-11(13)14/h1-9H. The smallest absolute Gasteiger partial charge is 0.0497 e. The molecule has 0 radical (unpaired) electrons. The van der Waals surface area contributed by atoms with Gasteiger partial charge >= 0.3 is 0 Å².